The quantitative estimate of drug-likeness (QED) is 0.642. The molecule has 0 aliphatic carbocycles. The Labute approximate surface area is 111 Å². The van der Waals surface area contributed by atoms with E-state index in [2.05, 4.69) is 0 Å². The Bertz CT molecular complexity index is 373. The molecule has 0 aliphatic rings. The zero-order valence-corrected chi connectivity index (χ0v) is 11.4. The van der Waals surface area contributed by atoms with Crippen LogP contribution in [-0.2, 0) is 12.6 Å². The van der Waals surface area contributed by atoms with Gasteiger partial charge < -0.3 is 0 Å². The monoisotopic (exact) mass is 278 g/mol. The molecule has 102 valence electrons. The van der Waals surface area contributed by atoms with Crippen molar-refractivity contribution in [3.05, 3.63) is 35.4 Å². The zero-order valence-electron chi connectivity index (χ0n) is 10.6. The van der Waals surface area contributed by atoms with Crippen LogP contribution in [0.15, 0.2) is 24.3 Å². The number of alkyl halides is 4. The maximum Gasteiger partial charge on any atom is 0.416 e. The second-order valence-electron chi connectivity index (χ2n) is 4.72. The molecule has 0 fully saturated rings. The van der Waals surface area contributed by atoms with Crippen molar-refractivity contribution in [1.29, 1.82) is 0 Å². The van der Waals surface area contributed by atoms with Gasteiger partial charge in [0.2, 0.25) is 0 Å². The van der Waals surface area contributed by atoms with E-state index in [1.54, 1.807) is 6.07 Å². The SMILES string of the molecule is CCC(CC)(CCl)Cc1cccc(C(F)(F)F)c1. The Hall–Kier alpha value is -0.700. The molecule has 0 atom stereocenters. The van der Waals surface area contributed by atoms with Crippen molar-refractivity contribution in [1.82, 2.24) is 0 Å². The van der Waals surface area contributed by atoms with E-state index in [-0.39, 0.29) is 5.41 Å². The topological polar surface area (TPSA) is 0 Å². The maximum absolute atomic E-state index is 12.6. The number of hydrogen-bond acceptors (Lipinski definition) is 0. The zero-order chi connectivity index (χ0) is 13.8. The van der Waals surface area contributed by atoms with Gasteiger partial charge >= 0.3 is 6.18 Å². The predicted octanol–water partition coefficient (Wildman–Crippen LogP) is 5.29. The Morgan fingerprint density at radius 1 is 1.11 bits per heavy atom. The summed E-state index contributed by atoms with van der Waals surface area (Å²) < 4.78 is 37.9. The molecule has 0 aliphatic heterocycles. The van der Waals surface area contributed by atoms with Crippen molar-refractivity contribution in [2.45, 2.75) is 39.3 Å². The van der Waals surface area contributed by atoms with Gasteiger partial charge in [0.05, 0.1) is 5.56 Å². The summed E-state index contributed by atoms with van der Waals surface area (Å²) in [6.07, 6.45) is -1.96. The van der Waals surface area contributed by atoms with Gasteiger partial charge in [-0.2, -0.15) is 13.2 Å². The smallest absolute Gasteiger partial charge is 0.166 e. The molecule has 1 rings (SSSR count). The van der Waals surface area contributed by atoms with Crippen molar-refractivity contribution in [3.8, 4) is 0 Å². The molecule has 0 spiro atoms. The molecular formula is C14H18ClF3. The molecule has 0 bridgehead atoms. The van der Waals surface area contributed by atoms with Gasteiger partial charge in [0.25, 0.3) is 0 Å². The summed E-state index contributed by atoms with van der Waals surface area (Å²) in [5.74, 6) is 0.468. The van der Waals surface area contributed by atoms with E-state index in [9.17, 15) is 13.2 Å². The van der Waals surface area contributed by atoms with Crippen LogP contribution in [0.1, 0.15) is 37.8 Å². The molecule has 0 aromatic heterocycles. The van der Waals surface area contributed by atoms with E-state index in [0.29, 0.717) is 17.9 Å². The summed E-state index contributed by atoms with van der Waals surface area (Å²) >= 11 is 5.98. The van der Waals surface area contributed by atoms with Crippen LogP contribution in [0.5, 0.6) is 0 Å². The highest BCUT2D eigenvalue weighted by atomic mass is 35.5. The van der Waals surface area contributed by atoms with Crippen molar-refractivity contribution in [3.63, 3.8) is 0 Å². The molecule has 0 saturated heterocycles. The van der Waals surface area contributed by atoms with Crippen LogP contribution in [0.2, 0.25) is 0 Å². The lowest BCUT2D eigenvalue weighted by molar-refractivity contribution is -0.137. The number of halogens is 4. The first-order valence-electron chi connectivity index (χ1n) is 6.09. The van der Waals surface area contributed by atoms with Crippen LogP contribution in [0.4, 0.5) is 13.2 Å². The maximum atomic E-state index is 12.6. The predicted molar refractivity (Wildman–Crippen MR) is 68.9 cm³/mol. The molecule has 0 radical (unpaired) electrons. The Morgan fingerprint density at radius 2 is 1.72 bits per heavy atom. The molecule has 1 aromatic rings. The van der Waals surface area contributed by atoms with Gasteiger partial charge in [-0.1, -0.05) is 32.0 Å². The minimum atomic E-state index is -4.28. The summed E-state index contributed by atoms with van der Waals surface area (Å²) in [5, 5.41) is 0. The lowest BCUT2D eigenvalue weighted by Crippen LogP contribution is -2.24. The average Bonchev–Trinajstić information content (AvgIpc) is 2.35. The second-order valence-corrected chi connectivity index (χ2v) is 4.98. The Morgan fingerprint density at radius 3 is 2.17 bits per heavy atom. The fourth-order valence-electron chi connectivity index (χ4n) is 2.03. The second kappa shape index (κ2) is 5.96. The standard InChI is InChI=1S/C14H18ClF3/c1-3-13(4-2,10-15)9-11-6-5-7-12(8-11)14(16,17)18/h5-8H,3-4,9-10H2,1-2H3. The minimum Gasteiger partial charge on any atom is -0.166 e. The van der Waals surface area contributed by atoms with Crippen LogP contribution in [0.25, 0.3) is 0 Å². The Kier molecular flexibility index (Phi) is 5.09. The molecule has 0 unspecified atom stereocenters. The third-order valence-corrected chi connectivity index (χ3v) is 4.18. The van der Waals surface area contributed by atoms with E-state index >= 15 is 0 Å². The number of hydrogen-bond donors (Lipinski definition) is 0. The van der Waals surface area contributed by atoms with Crippen molar-refractivity contribution in [2.24, 2.45) is 5.41 Å². The van der Waals surface area contributed by atoms with Crippen molar-refractivity contribution < 1.29 is 13.2 Å². The van der Waals surface area contributed by atoms with Crippen LogP contribution in [-0.4, -0.2) is 5.88 Å². The number of benzene rings is 1. The van der Waals surface area contributed by atoms with E-state index in [1.807, 2.05) is 13.8 Å². The summed E-state index contributed by atoms with van der Waals surface area (Å²) in [5.41, 5.74) is 0.0102. The molecule has 0 heterocycles. The van der Waals surface area contributed by atoms with Gasteiger partial charge in [-0.3, -0.25) is 0 Å². The van der Waals surface area contributed by atoms with Crippen molar-refractivity contribution in [2.75, 3.05) is 5.88 Å². The van der Waals surface area contributed by atoms with Gasteiger partial charge in [0.1, 0.15) is 0 Å². The van der Waals surface area contributed by atoms with E-state index in [1.165, 1.54) is 12.1 Å². The third kappa shape index (κ3) is 3.64. The number of rotatable bonds is 5. The summed E-state index contributed by atoms with van der Waals surface area (Å²) in [4.78, 5) is 0. The largest absolute Gasteiger partial charge is 0.416 e. The lowest BCUT2D eigenvalue weighted by Gasteiger charge is -2.29. The molecule has 0 saturated carbocycles. The third-order valence-electron chi connectivity index (χ3n) is 3.62. The molecule has 0 nitrogen and oxygen atoms in total. The van der Waals surface area contributed by atoms with Gasteiger partial charge in [0.15, 0.2) is 0 Å². The Balaban J connectivity index is 2.98. The normalized spacial score (nSPS) is 12.8. The lowest BCUT2D eigenvalue weighted by atomic mass is 9.78. The molecule has 18 heavy (non-hydrogen) atoms. The first-order chi connectivity index (χ1) is 8.37. The van der Waals surface area contributed by atoms with Gasteiger partial charge in [-0.25, -0.2) is 0 Å². The first-order valence-corrected chi connectivity index (χ1v) is 6.62. The van der Waals surface area contributed by atoms with Gasteiger partial charge in [-0.05, 0) is 36.3 Å². The van der Waals surface area contributed by atoms with Crippen LogP contribution < -0.4 is 0 Å². The first kappa shape index (κ1) is 15.4. The fraction of sp³-hybridized carbons (Fsp3) is 0.571. The molecular weight excluding hydrogens is 261 g/mol. The van der Waals surface area contributed by atoms with E-state index in [4.69, 9.17) is 11.6 Å². The molecule has 0 amide bonds. The fourth-order valence-corrected chi connectivity index (χ4v) is 2.50. The average molecular weight is 279 g/mol. The van der Waals surface area contributed by atoms with Crippen molar-refractivity contribution >= 4 is 11.6 Å². The molecule has 0 N–H and O–H groups in total. The highest BCUT2D eigenvalue weighted by Crippen LogP contribution is 2.34. The summed E-state index contributed by atoms with van der Waals surface area (Å²) in [6, 6.07) is 5.53. The minimum absolute atomic E-state index is 0.105. The molecule has 4 heteroatoms. The highest BCUT2D eigenvalue weighted by Gasteiger charge is 2.31. The van der Waals surface area contributed by atoms with Gasteiger partial charge in [-0.15, -0.1) is 11.6 Å². The molecule has 1 aromatic carbocycles. The van der Waals surface area contributed by atoms with Crippen LogP contribution in [0.3, 0.4) is 0 Å². The summed E-state index contributed by atoms with van der Waals surface area (Å²) in [6.45, 7) is 4.05. The van der Waals surface area contributed by atoms with E-state index in [0.717, 1.165) is 18.9 Å². The highest BCUT2D eigenvalue weighted by molar-refractivity contribution is 6.18. The summed E-state index contributed by atoms with van der Waals surface area (Å²) in [7, 11) is 0. The van der Waals surface area contributed by atoms with E-state index < -0.39 is 11.7 Å². The van der Waals surface area contributed by atoms with Gasteiger partial charge in [0, 0.05) is 5.88 Å². The van der Waals surface area contributed by atoms with Crippen LogP contribution >= 0.6 is 11.6 Å². The van der Waals surface area contributed by atoms with Crippen LogP contribution in [0, 0.1) is 5.41 Å².